The van der Waals surface area contributed by atoms with Gasteiger partial charge in [-0.3, -0.25) is 14.4 Å². The molecule has 42 heavy (non-hydrogen) atoms. The first-order valence-corrected chi connectivity index (χ1v) is 14.4. The summed E-state index contributed by atoms with van der Waals surface area (Å²) >= 11 is 0. The lowest BCUT2D eigenvalue weighted by Crippen LogP contribution is -2.40. The summed E-state index contributed by atoms with van der Waals surface area (Å²) in [6, 6.07) is 0. The lowest BCUT2D eigenvalue weighted by atomic mass is 9.93. The van der Waals surface area contributed by atoms with Crippen molar-refractivity contribution in [2.24, 2.45) is 11.3 Å². The van der Waals surface area contributed by atoms with E-state index in [9.17, 15) is 29.1 Å². The average Bonchev–Trinajstić information content (AvgIpc) is 2.84. The molecular weight excluding hydrogens is 548 g/mol. The molecule has 0 saturated heterocycles. The Kier molecular flexibility index (Phi) is 23.3. The second-order valence-corrected chi connectivity index (χ2v) is 12.2. The maximum Gasteiger partial charge on any atom is 0.317 e. The van der Waals surface area contributed by atoms with Gasteiger partial charge >= 0.3 is 17.9 Å². The summed E-state index contributed by atoms with van der Waals surface area (Å²) in [5.74, 6) is -1.09. The Balaban J connectivity index is -0.000000588. The second-order valence-electron chi connectivity index (χ2n) is 12.2. The third-order valence-electron chi connectivity index (χ3n) is 5.34. The molecule has 1 N–H and O–H groups in total. The van der Waals surface area contributed by atoms with E-state index in [1.807, 2.05) is 27.7 Å². The van der Waals surface area contributed by atoms with Gasteiger partial charge in [-0.2, -0.15) is 0 Å². The van der Waals surface area contributed by atoms with Crippen molar-refractivity contribution in [2.45, 2.75) is 126 Å². The number of hydrogen-bond acceptors (Lipinski definition) is 11. The second kappa shape index (κ2) is 22.2. The predicted octanol–water partition coefficient (Wildman–Crippen LogP) is 4.63. The van der Waals surface area contributed by atoms with Crippen LogP contribution < -0.4 is 0 Å². The number of ether oxygens (including phenoxy) is 5. The van der Waals surface area contributed by atoms with Crippen molar-refractivity contribution in [2.75, 3.05) is 33.5 Å². The molecule has 0 aliphatic carbocycles. The van der Waals surface area contributed by atoms with E-state index < -0.39 is 22.6 Å². The molecule has 0 spiro atoms. The fraction of sp³-hybridized carbons (Fsp3) is 0.839. The van der Waals surface area contributed by atoms with Crippen LogP contribution in [0.1, 0.15) is 109 Å². The fourth-order valence-electron chi connectivity index (χ4n) is 2.61. The lowest BCUT2D eigenvalue weighted by molar-refractivity contribution is -0.169. The van der Waals surface area contributed by atoms with Gasteiger partial charge < -0.3 is 38.4 Å². The molecule has 0 radical (unpaired) electrons. The highest BCUT2D eigenvalue weighted by molar-refractivity contribution is 5.83. The molecule has 0 amide bonds. The van der Waals surface area contributed by atoms with Crippen molar-refractivity contribution in [3.8, 4) is 0 Å². The summed E-state index contributed by atoms with van der Waals surface area (Å²) < 4.78 is 25.7. The molecule has 0 aliphatic rings. The van der Waals surface area contributed by atoms with E-state index in [0.29, 0.717) is 25.9 Å². The number of rotatable bonds is 17. The van der Waals surface area contributed by atoms with Gasteiger partial charge in [0.25, 0.3) is 0 Å². The number of ketones is 2. The van der Waals surface area contributed by atoms with Gasteiger partial charge in [-0.15, -0.1) is 0 Å². The van der Waals surface area contributed by atoms with E-state index in [2.05, 4.69) is 4.74 Å². The number of methoxy groups -OCH3 is 1. The molecule has 11 nitrogen and oxygen atoms in total. The minimum absolute atomic E-state index is 0.00504. The first-order chi connectivity index (χ1) is 19.0. The van der Waals surface area contributed by atoms with Gasteiger partial charge in [-0.1, -0.05) is 13.8 Å². The molecule has 248 valence electrons. The van der Waals surface area contributed by atoms with Crippen LogP contribution in [-0.4, -0.2) is 85.4 Å². The van der Waals surface area contributed by atoms with Gasteiger partial charge in [0.15, 0.2) is 0 Å². The quantitative estimate of drug-likeness (QED) is 0.182. The van der Waals surface area contributed by atoms with Crippen LogP contribution in [0, 0.1) is 11.3 Å². The molecule has 0 bridgehead atoms. The van der Waals surface area contributed by atoms with Crippen LogP contribution in [-0.2, 0) is 47.7 Å². The maximum atomic E-state index is 12.0. The number of carbonyl (C=O) groups excluding carboxylic acids is 5. The summed E-state index contributed by atoms with van der Waals surface area (Å²) in [5, 5.41) is 9.47. The summed E-state index contributed by atoms with van der Waals surface area (Å²) in [7, 11) is 1.36. The molecule has 0 saturated carbocycles. The Morgan fingerprint density at radius 3 is 1.67 bits per heavy atom. The molecule has 0 rings (SSSR count). The van der Waals surface area contributed by atoms with Crippen LogP contribution >= 0.6 is 0 Å². The number of aliphatic hydroxyl groups is 1. The first kappa shape index (κ1) is 44.1. The Morgan fingerprint density at radius 2 is 1.31 bits per heavy atom. The highest BCUT2D eigenvalue weighted by Crippen LogP contribution is 2.22. The normalized spacial score (nSPS) is 12.7. The summed E-state index contributed by atoms with van der Waals surface area (Å²) in [6.45, 7) is 21.6. The highest BCUT2D eigenvalue weighted by Gasteiger charge is 2.37. The Hall–Kier alpha value is -2.37. The zero-order valence-corrected chi connectivity index (χ0v) is 28.3. The van der Waals surface area contributed by atoms with Crippen molar-refractivity contribution in [3.05, 3.63) is 0 Å². The number of esters is 3. The molecule has 0 aromatic carbocycles. The van der Waals surface area contributed by atoms with E-state index in [1.165, 1.54) is 21.0 Å². The molecule has 0 fully saturated rings. The summed E-state index contributed by atoms with van der Waals surface area (Å²) in [5.41, 5.74) is -2.25. The number of carbonyl (C=O) groups is 5. The third kappa shape index (κ3) is 27.8. The highest BCUT2D eigenvalue weighted by atomic mass is 16.6. The summed E-state index contributed by atoms with van der Waals surface area (Å²) in [4.78, 5) is 54.9. The van der Waals surface area contributed by atoms with Crippen molar-refractivity contribution < 1.29 is 52.8 Å². The van der Waals surface area contributed by atoms with E-state index in [4.69, 9.17) is 18.9 Å². The average molecular weight is 607 g/mol. The molecule has 0 aromatic heterocycles. The van der Waals surface area contributed by atoms with Gasteiger partial charge in [-0.25, -0.2) is 0 Å². The standard InChI is InChI=1S/C14H26O5.C11H22O4.C6H10O2/c1-7-17-13(16)14(6,8-18-11(4)5)9-19-12(15)10(2)3;1-10(2,13)6-7-15-11(3,4)8-9(12)14-5;1-5(7)3-4-6(2)8/h10-11H,7-9H2,1-6H3;13H,6-8H2,1-5H3;3-4H2,1-2H3. The van der Waals surface area contributed by atoms with E-state index in [0.717, 1.165) is 0 Å². The van der Waals surface area contributed by atoms with Crippen LogP contribution in [0.5, 0.6) is 0 Å². The number of Topliss-reactive ketones (excluding diaryl/α,β-unsaturated/α-hetero) is 2. The first-order valence-electron chi connectivity index (χ1n) is 14.4. The molecule has 0 heterocycles. The summed E-state index contributed by atoms with van der Waals surface area (Å²) in [6.07, 6.45) is 1.55. The molecule has 11 heteroatoms. The van der Waals surface area contributed by atoms with Gasteiger partial charge in [0.1, 0.15) is 23.6 Å². The third-order valence-corrected chi connectivity index (χ3v) is 5.34. The zero-order chi connectivity index (χ0) is 33.7. The number of hydrogen-bond donors (Lipinski definition) is 1. The minimum Gasteiger partial charge on any atom is -0.469 e. The maximum absolute atomic E-state index is 12.0. The van der Waals surface area contributed by atoms with E-state index >= 15 is 0 Å². The lowest BCUT2D eigenvalue weighted by Gasteiger charge is -2.27. The van der Waals surface area contributed by atoms with Gasteiger partial charge in [-0.05, 0) is 75.7 Å². The molecular formula is C31H58O11. The fourth-order valence-corrected chi connectivity index (χ4v) is 2.61. The van der Waals surface area contributed by atoms with Crippen LogP contribution in [0.15, 0.2) is 0 Å². The van der Waals surface area contributed by atoms with Crippen LogP contribution in [0.2, 0.25) is 0 Å². The largest absolute Gasteiger partial charge is 0.469 e. The van der Waals surface area contributed by atoms with Crippen LogP contribution in [0.3, 0.4) is 0 Å². The molecule has 0 aromatic rings. The van der Waals surface area contributed by atoms with Gasteiger partial charge in [0, 0.05) is 12.8 Å². The van der Waals surface area contributed by atoms with Crippen molar-refractivity contribution in [1.82, 2.24) is 0 Å². The Bertz CT molecular complexity index is 796. The Labute approximate surface area is 253 Å². The smallest absolute Gasteiger partial charge is 0.317 e. The van der Waals surface area contributed by atoms with Gasteiger partial charge in [0.05, 0.1) is 56.6 Å². The van der Waals surface area contributed by atoms with Crippen molar-refractivity contribution >= 4 is 29.5 Å². The van der Waals surface area contributed by atoms with E-state index in [1.54, 1.807) is 41.5 Å². The molecule has 1 atom stereocenters. The zero-order valence-electron chi connectivity index (χ0n) is 28.3. The van der Waals surface area contributed by atoms with Gasteiger partial charge in [0.2, 0.25) is 0 Å². The minimum atomic E-state index is -0.967. The van der Waals surface area contributed by atoms with Crippen LogP contribution in [0.25, 0.3) is 0 Å². The van der Waals surface area contributed by atoms with Crippen molar-refractivity contribution in [3.63, 3.8) is 0 Å². The SMILES string of the molecule is CC(=O)CCC(C)=O.CCOC(=O)C(C)(COC(=O)C(C)C)COC(C)C.COC(=O)CC(C)(C)OCCC(C)(C)O. The predicted molar refractivity (Wildman–Crippen MR) is 160 cm³/mol. The molecule has 0 aliphatic heterocycles. The topological polar surface area (TPSA) is 152 Å². The van der Waals surface area contributed by atoms with Crippen LogP contribution in [0.4, 0.5) is 0 Å². The molecule has 1 unspecified atom stereocenters. The Morgan fingerprint density at radius 1 is 0.810 bits per heavy atom. The van der Waals surface area contributed by atoms with Crippen molar-refractivity contribution in [1.29, 1.82) is 0 Å². The van der Waals surface area contributed by atoms with E-state index in [-0.39, 0.29) is 61.8 Å². The monoisotopic (exact) mass is 606 g/mol.